The lowest BCUT2D eigenvalue weighted by Gasteiger charge is -2.20. The van der Waals surface area contributed by atoms with Crippen LogP contribution in [-0.2, 0) is 12.8 Å². The molecule has 154 valence electrons. The fourth-order valence-corrected chi connectivity index (χ4v) is 4.51. The standard InChI is InChI=1S/C27H23NO3/c1-2-31-26-15-13-20(16-23(26)27(29)30)28-24-14-12-18-8-6-7-11-21(18)22(24)17-25(28)19-9-4-3-5-10-19/h3-11,13,15-17H,2,12,14H2,1H3,(H,29,30). The van der Waals surface area contributed by atoms with Gasteiger partial charge in [0.05, 0.1) is 12.3 Å². The summed E-state index contributed by atoms with van der Waals surface area (Å²) in [6.07, 6.45) is 1.86. The summed E-state index contributed by atoms with van der Waals surface area (Å²) < 4.78 is 7.77. The highest BCUT2D eigenvalue weighted by Gasteiger charge is 2.24. The summed E-state index contributed by atoms with van der Waals surface area (Å²) in [5.74, 6) is -0.593. The summed E-state index contributed by atoms with van der Waals surface area (Å²) in [6.45, 7) is 2.28. The van der Waals surface area contributed by atoms with E-state index in [-0.39, 0.29) is 5.56 Å². The van der Waals surface area contributed by atoms with Crippen LogP contribution in [0.2, 0.25) is 0 Å². The van der Waals surface area contributed by atoms with Gasteiger partial charge in [-0.3, -0.25) is 0 Å². The summed E-state index contributed by atoms with van der Waals surface area (Å²) in [4.78, 5) is 11.9. The van der Waals surface area contributed by atoms with Gasteiger partial charge in [0.15, 0.2) is 0 Å². The number of ether oxygens (including phenoxy) is 1. The molecule has 3 aromatic carbocycles. The molecule has 4 nitrogen and oxygen atoms in total. The first-order valence-electron chi connectivity index (χ1n) is 10.6. The van der Waals surface area contributed by atoms with Crippen LogP contribution in [0.3, 0.4) is 0 Å². The zero-order valence-electron chi connectivity index (χ0n) is 17.3. The molecular formula is C27H23NO3. The Balaban J connectivity index is 1.77. The first-order chi connectivity index (χ1) is 15.2. The molecule has 4 heteroatoms. The number of rotatable bonds is 5. The van der Waals surface area contributed by atoms with E-state index in [0.29, 0.717) is 12.4 Å². The van der Waals surface area contributed by atoms with Crippen molar-refractivity contribution in [2.45, 2.75) is 19.8 Å². The van der Waals surface area contributed by atoms with Crippen molar-refractivity contribution in [2.24, 2.45) is 0 Å². The number of carbonyl (C=O) groups is 1. The molecule has 1 heterocycles. The van der Waals surface area contributed by atoms with Gasteiger partial charge in [0.2, 0.25) is 0 Å². The Morgan fingerprint density at radius 2 is 1.71 bits per heavy atom. The third-order valence-electron chi connectivity index (χ3n) is 5.86. The lowest BCUT2D eigenvalue weighted by Crippen LogP contribution is -2.10. The molecule has 5 rings (SSSR count). The number of aromatic carboxylic acids is 1. The summed E-state index contributed by atoms with van der Waals surface area (Å²) in [6, 6.07) is 26.4. The minimum absolute atomic E-state index is 0.178. The van der Waals surface area contributed by atoms with E-state index in [9.17, 15) is 9.90 Å². The molecule has 0 bridgehead atoms. The normalized spacial score (nSPS) is 12.2. The number of carboxylic acids is 1. The average molecular weight is 409 g/mol. The number of hydrogen-bond donors (Lipinski definition) is 1. The monoisotopic (exact) mass is 409 g/mol. The van der Waals surface area contributed by atoms with Gasteiger partial charge < -0.3 is 14.4 Å². The van der Waals surface area contributed by atoms with Crippen molar-refractivity contribution < 1.29 is 14.6 Å². The van der Waals surface area contributed by atoms with Crippen molar-refractivity contribution in [1.82, 2.24) is 4.57 Å². The van der Waals surface area contributed by atoms with E-state index in [1.54, 1.807) is 12.1 Å². The number of hydrogen-bond acceptors (Lipinski definition) is 2. The fraction of sp³-hybridized carbons (Fsp3) is 0.148. The van der Waals surface area contributed by atoms with E-state index in [4.69, 9.17) is 4.74 Å². The van der Waals surface area contributed by atoms with Gasteiger partial charge in [-0.15, -0.1) is 0 Å². The Bertz CT molecular complexity index is 1270. The zero-order valence-corrected chi connectivity index (χ0v) is 17.3. The second kappa shape index (κ2) is 7.80. The van der Waals surface area contributed by atoms with Gasteiger partial charge in [0, 0.05) is 16.9 Å². The summed E-state index contributed by atoms with van der Waals surface area (Å²) in [7, 11) is 0. The molecule has 0 fully saturated rings. The number of nitrogens with zero attached hydrogens (tertiary/aromatic N) is 1. The van der Waals surface area contributed by atoms with Gasteiger partial charge in [-0.1, -0.05) is 54.6 Å². The molecule has 0 atom stereocenters. The van der Waals surface area contributed by atoms with Gasteiger partial charge >= 0.3 is 5.97 Å². The van der Waals surface area contributed by atoms with E-state index >= 15 is 0 Å². The van der Waals surface area contributed by atoms with Crippen LogP contribution in [0.25, 0.3) is 28.1 Å². The molecule has 0 aliphatic heterocycles. The predicted octanol–water partition coefficient (Wildman–Crippen LogP) is 6.01. The van der Waals surface area contributed by atoms with Crippen molar-refractivity contribution in [3.8, 4) is 33.8 Å². The van der Waals surface area contributed by atoms with Crippen LogP contribution in [0.4, 0.5) is 0 Å². The Labute approximate surface area is 181 Å². The molecule has 31 heavy (non-hydrogen) atoms. The molecule has 0 amide bonds. The van der Waals surface area contributed by atoms with E-state index in [1.165, 1.54) is 22.4 Å². The lowest BCUT2D eigenvalue weighted by molar-refractivity contribution is 0.0692. The van der Waals surface area contributed by atoms with Crippen molar-refractivity contribution in [3.63, 3.8) is 0 Å². The second-order valence-corrected chi connectivity index (χ2v) is 7.67. The molecule has 1 N–H and O–H groups in total. The average Bonchev–Trinajstić information content (AvgIpc) is 3.20. The zero-order chi connectivity index (χ0) is 21.4. The number of carboxylic acid groups (broad SMARTS) is 1. The highest BCUT2D eigenvalue weighted by molar-refractivity contribution is 5.92. The van der Waals surface area contributed by atoms with E-state index < -0.39 is 5.97 Å². The van der Waals surface area contributed by atoms with Crippen LogP contribution >= 0.6 is 0 Å². The highest BCUT2D eigenvalue weighted by atomic mass is 16.5. The maximum Gasteiger partial charge on any atom is 0.339 e. The molecule has 4 aromatic rings. The molecule has 1 aliphatic rings. The molecule has 0 radical (unpaired) electrons. The second-order valence-electron chi connectivity index (χ2n) is 7.67. The van der Waals surface area contributed by atoms with Crippen LogP contribution in [0.5, 0.6) is 5.75 Å². The topological polar surface area (TPSA) is 51.5 Å². The third-order valence-corrected chi connectivity index (χ3v) is 5.86. The van der Waals surface area contributed by atoms with E-state index in [0.717, 1.165) is 29.8 Å². The summed E-state index contributed by atoms with van der Waals surface area (Å²) in [5, 5.41) is 9.78. The minimum atomic E-state index is -0.988. The highest BCUT2D eigenvalue weighted by Crippen LogP contribution is 2.41. The van der Waals surface area contributed by atoms with E-state index in [2.05, 4.69) is 47.0 Å². The Morgan fingerprint density at radius 3 is 2.48 bits per heavy atom. The van der Waals surface area contributed by atoms with Gasteiger partial charge in [0.1, 0.15) is 11.3 Å². The van der Waals surface area contributed by atoms with Crippen LogP contribution in [-0.4, -0.2) is 22.2 Å². The van der Waals surface area contributed by atoms with Crippen LogP contribution in [0.15, 0.2) is 78.9 Å². The lowest BCUT2D eigenvalue weighted by atomic mass is 9.90. The van der Waals surface area contributed by atoms with Gasteiger partial charge in [-0.2, -0.15) is 0 Å². The Hall–Kier alpha value is -3.79. The van der Waals surface area contributed by atoms with Crippen molar-refractivity contribution >= 4 is 5.97 Å². The maximum absolute atomic E-state index is 11.9. The number of aryl methyl sites for hydroxylation is 1. The molecule has 1 aliphatic carbocycles. The number of benzene rings is 3. The van der Waals surface area contributed by atoms with Gasteiger partial charge in [0.25, 0.3) is 0 Å². The minimum Gasteiger partial charge on any atom is -0.493 e. The van der Waals surface area contributed by atoms with Gasteiger partial charge in [-0.05, 0) is 60.7 Å². The van der Waals surface area contributed by atoms with Crippen molar-refractivity contribution in [3.05, 3.63) is 95.7 Å². The quantitative estimate of drug-likeness (QED) is 0.439. The van der Waals surface area contributed by atoms with Crippen LogP contribution < -0.4 is 4.74 Å². The largest absolute Gasteiger partial charge is 0.493 e. The van der Waals surface area contributed by atoms with Gasteiger partial charge in [-0.25, -0.2) is 4.79 Å². The molecule has 0 spiro atoms. The van der Waals surface area contributed by atoms with E-state index in [1.807, 2.05) is 31.2 Å². The van der Waals surface area contributed by atoms with Crippen molar-refractivity contribution in [2.75, 3.05) is 6.61 Å². The molecule has 0 unspecified atom stereocenters. The Morgan fingerprint density at radius 1 is 0.935 bits per heavy atom. The van der Waals surface area contributed by atoms with Crippen LogP contribution in [0.1, 0.15) is 28.5 Å². The SMILES string of the molecule is CCOc1ccc(-n2c(-c3ccccc3)cc3c2CCc2ccccc2-3)cc1C(=O)O. The smallest absolute Gasteiger partial charge is 0.339 e. The number of aromatic nitrogens is 1. The molecular weight excluding hydrogens is 386 g/mol. The summed E-state index contributed by atoms with van der Waals surface area (Å²) >= 11 is 0. The molecule has 0 saturated heterocycles. The molecule has 1 aromatic heterocycles. The maximum atomic E-state index is 11.9. The number of fused-ring (bicyclic) bond motifs is 3. The first-order valence-corrected chi connectivity index (χ1v) is 10.6. The molecule has 0 saturated carbocycles. The predicted molar refractivity (Wildman–Crippen MR) is 122 cm³/mol. The fourth-order valence-electron chi connectivity index (χ4n) is 4.51. The van der Waals surface area contributed by atoms with Crippen LogP contribution in [0, 0.1) is 0 Å². The Kier molecular flexibility index (Phi) is 4.83. The summed E-state index contributed by atoms with van der Waals surface area (Å²) in [5.41, 5.74) is 8.19. The van der Waals surface area contributed by atoms with Crippen molar-refractivity contribution in [1.29, 1.82) is 0 Å². The third kappa shape index (κ3) is 3.30. The first kappa shape index (κ1) is 19.2.